The standard InChI is InChI=1S/C22H25N3O6S2/c1-14-9-15(2)12-25(11-14)33(27,28)19-10-16(6-7-17(19)29-3)22(26)30-13-20-23-21(24-31-20)18-5-4-8-32-18/h4-8,10,14-15H,9,11-13H2,1-3H3. The average molecular weight is 492 g/mol. The number of benzene rings is 1. The van der Waals surface area contributed by atoms with E-state index in [1.165, 1.54) is 41.0 Å². The normalized spacial score (nSPS) is 19.4. The molecule has 3 aromatic rings. The van der Waals surface area contributed by atoms with Crippen molar-refractivity contribution in [3.8, 4) is 16.5 Å². The van der Waals surface area contributed by atoms with Crippen molar-refractivity contribution in [1.82, 2.24) is 14.4 Å². The van der Waals surface area contributed by atoms with E-state index in [1.54, 1.807) is 0 Å². The molecule has 0 spiro atoms. The van der Waals surface area contributed by atoms with Crippen LogP contribution in [0.15, 0.2) is 45.1 Å². The number of piperidine rings is 1. The first-order valence-electron chi connectivity index (χ1n) is 10.5. The SMILES string of the molecule is COc1ccc(C(=O)OCc2nc(-c3cccs3)no2)cc1S(=O)(=O)N1CC(C)CC(C)C1. The molecule has 2 unspecified atom stereocenters. The predicted octanol–water partition coefficient (Wildman–Crippen LogP) is 3.83. The molecule has 11 heteroatoms. The van der Waals surface area contributed by atoms with Crippen molar-refractivity contribution >= 4 is 27.3 Å². The molecule has 176 valence electrons. The van der Waals surface area contributed by atoms with Gasteiger partial charge in [0.15, 0.2) is 6.61 Å². The maximum Gasteiger partial charge on any atom is 0.338 e. The van der Waals surface area contributed by atoms with Crippen molar-refractivity contribution in [2.45, 2.75) is 31.8 Å². The molecule has 0 radical (unpaired) electrons. The number of hydrogen-bond acceptors (Lipinski definition) is 9. The number of esters is 1. The zero-order valence-electron chi connectivity index (χ0n) is 18.6. The highest BCUT2D eigenvalue weighted by Gasteiger charge is 2.34. The van der Waals surface area contributed by atoms with Crippen molar-refractivity contribution in [2.24, 2.45) is 11.8 Å². The van der Waals surface area contributed by atoms with Gasteiger partial charge in [0, 0.05) is 13.1 Å². The van der Waals surface area contributed by atoms with Crippen molar-refractivity contribution in [1.29, 1.82) is 0 Å². The second kappa shape index (κ2) is 9.62. The van der Waals surface area contributed by atoms with E-state index in [-0.39, 0.29) is 40.5 Å². The van der Waals surface area contributed by atoms with Crippen LogP contribution in [0.3, 0.4) is 0 Å². The largest absolute Gasteiger partial charge is 0.495 e. The Balaban J connectivity index is 1.52. The molecule has 2 aromatic heterocycles. The molecule has 0 aliphatic carbocycles. The van der Waals surface area contributed by atoms with E-state index < -0.39 is 16.0 Å². The van der Waals surface area contributed by atoms with Crippen LogP contribution < -0.4 is 4.74 Å². The lowest BCUT2D eigenvalue weighted by Gasteiger charge is -2.34. The molecule has 0 saturated carbocycles. The Hall–Kier alpha value is -2.76. The number of carbonyl (C=O) groups is 1. The highest BCUT2D eigenvalue weighted by molar-refractivity contribution is 7.89. The van der Waals surface area contributed by atoms with Crippen LogP contribution in [0.5, 0.6) is 5.75 Å². The summed E-state index contributed by atoms with van der Waals surface area (Å²) in [4.78, 5) is 17.6. The number of ether oxygens (including phenoxy) is 2. The summed E-state index contributed by atoms with van der Waals surface area (Å²) in [7, 11) is -2.46. The van der Waals surface area contributed by atoms with Gasteiger partial charge >= 0.3 is 5.97 Å². The third kappa shape index (κ3) is 5.10. The molecule has 1 aromatic carbocycles. The Kier molecular flexibility index (Phi) is 6.82. The molecule has 1 aliphatic rings. The van der Waals surface area contributed by atoms with E-state index in [4.69, 9.17) is 14.0 Å². The molecule has 4 rings (SSSR count). The first-order valence-corrected chi connectivity index (χ1v) is 12.8. The Morgan fingerprint density at radius 1 is 1.24 bits per heavy atom. The fourth-order valence-electron chi connectivity index (χ4n) is 3.98. The number of methoxy groups -OCH3 is 1. The van der Waals surface area contributed by atoms with Gasteiger partial charge < -0.3 is 14.0 Å². The Morgan fingerprint density at radius 2 is 2.00 bits per heavy atom. The molecular weight excluding hydrogens is 466 g/mol. The summed E-state index contributed by atoms with van der Waals surface area (Å²) >= 11 is 1.46. The van der Waals surface area contributed by atoms with Gasteiger partial charge in [-0.2, -0.15) is 9.29 Å². The molecule has 3 heterocycles. The van der Waals surface area contributed by atoms with Gasteiger partial charge in [0.2, 0.25) is 15.8 Å². The molecule has 2 atom stereocenters. The smallest absolute Gasteiger partial charge is 0.338 e. The quantitative estimate of drug-likeness (QED) is 0.459. The number of nitrogens with zero attached hydrogens (tertiary/aromatic N) is 3. The van der Waals surface area contributed by atoms with Crippen molar-refractivity contribution in [3.05, 3.63) is 47.2 Å². The second-order valence-electron chi connectivity index (χ2n) is 8.20. The highest BCUT2D eigenvalue weighted by atomic mass is 32.2. The van der Waals surface area contributed by atoms with Gasteiger partial charge in [0.05, 0.1) is 17.6 Å². The number of carbonyl (C=O) groups excluding carboxylic acids is 1. The second-order valence-corrected chi connectivity index (χ2v) is 11.1. The monoisotopic (exact) mass is 491 g/mol. The first kappa shape index (κ1) is 23.4. The number of rotatable bonds is 7. The highest BCUT2D eigenvalue weighted by Crippen LogP contribution is 2.32. The zero-order chi connectivity index (χ0) is 23.6. The summed E-state index contributed by atoms with van der Waals surface area (Å²) in [5, 5.41) is 5.77. The van der Waals surface area contributed by atoms with Gasteiger partial charge in [-0.05, 0) is 47.9 Å². The molecule has 0 bridgehead atoms. The van der Waals surface area contributed by atoms with E-state index in [2.05, 4.69) is 10.1 Å². The Bertz CT molecular complexity index is 1210. The number of aromatic nitrogens is 2. The lowest BCUT2D eigenvalue weighted by Crippen LogP contribution is -2.42. The van der Waals surface area contributed by atoms with Crippen LogP contribution in [0.2, 0.25) is 0 Å². The predicted molar refractivity (Wildman–Crippen MR) is 121 cm³/mol. The van der Waals surface area contributed by atoms with Crippen molar-refractivity contribution in [2.75, 3.05) is 20.2 Å². The van der Waals surface area contributed by atoms with Gasteiger partial charge in [-0.25, -0.2) is 13.2 Å². The van der Waals surface area contributed by atoms with E-state index in [9.17, 15) is 13.2 Å². The minimum Gasteiger partial charge on any atom is -0.495 e. The van der Waals surface area contributed by atoms with Gasteiger partial charge in [-0.1, -0.05) is 25.1 Å². The maximum atomic E-state index is 13.4. The molecule has 1 fully saturated rings. The summed E-state index contributed by atoms with van der Waals surface area (Å²) in [6.07, 6.45) is 0.972. The average Bonchev–Trinajstić information content (AvgIpc) is 3.48. The number of thiophene rings is 1. The fraction of sp³-hybridized carbons (Fsp3) is 0.409. The molecule has 0 N–H and O–H groups in total. The van der Waals surface area contributed by atoms with Crippen molar-refractivity contribution in [3.63, 3.8) is 0 Å². The van der Waals surface area contributed by atoms with Crippen LogP contribution in [-0.4, -0.2) is 49.0 Å². The summed E-state index contributed by atoms with van der Waals surface area (Å²) in [6, 6.07) is 7.95. The Labute approximate surface area is 196 Å². The maximum absolute atomic E-state index is 13.4. The minimum atomic E-state index is -3.85. The van der Waals surface area contributed by atoms with Crippen molar-refractivity contribution < 1.29 is 27.2 Å². The van der Waals surface area contributed by atoms with Crippen LogP contribution >= 0.6 is 11.3 Å². The minimum absolute atomic E-state index is 0.0569. The molecule has 9 nitrogen and oxygen atoms in total. The van der Waals surface area contributed by atoms with E-state index in [0.29, 0.717) is 18.9 Å². The van der Waals surface area contributed by atoms with Gasteiger partial charge in [0.1, 0.15) is 10.6 Å². The third-order valence-corrected chi connectivity index (χ3v) is 8.11. The molecular formula is C22H25N3O6S2. The number of hydrogen-bond donors (Lipinski definition) is 0. The summed E-state index contributed by atoms with van der Waals surface area (Å²) in [5.74, 6) is 0.524. The van der Waals surface area contributed by atoms with Gasteiger partial charge in [-0.15, -0.1) is 11.3 Å². The van der Waals surface area contributed by atoms with Crippen LogP contribution in [0, 0.1) is 11.8 Å². The van der Waals surface area contributed by atoms with Crippen LogP contribution in [0.25, 0.3) is 10.7 Å². The van der Waals surface area contributed by atoms with E-state index in [0.717, 1.165) is 11.3 Å². The molecule has 1 saturated heterocycles. The van der Waals surface area contributed by atoms with Crippen LogP contribution in [-0.2, 0) is 21.4 Å². The fourth-order valence-corrected chi connectivity index (χ4v) is 6.49. The third-order valence-electron chi connectivity index (χ3n) is 5.39. The van der Waals surface area contributed by atoms with Crippen LogP contribution in [0.1, 0.15) is 36.5 Å². The molecule has 0 amide bonds. The van der Waals surface area contributed by atoms with Gasteiger partial charge in [-0.3, -0.25) is 0 Å². The lowest BCUT2D eigenvalue weighted by molar-refractivity contribution is 0.0429. The van der Waals surface area contributed by atoms with Crippen LogP contribution in [0.4, 0.5) is 0 Å². The lowest BCUT2D eigenvalue weighted by atomic mass is 9.94. The van der Waals surface area contributed by atoms with E-state index in [1.807, 2.05) is 31.4 Å². The topological polar surface area (TPSA) is 112 Å². The number of sulfonamides is 1. The summed E-state index contributed by atoms with van der Waals surface area (Å²) < 4.78 is 43.9. The Morgan fingerprint density at radius 3 is 2.67 bits per heavy atom. The summed E-state index contributed by atoms with van der Waals surface area (Å²) in [5.41, 5.74) is 0.0884. The van der Waals surface area contributed by atoms with Gasteiger partial charge in [0.25, 0.3) is 5.89 Å². The first-order chi connectivity index (χ1) is 15.8. The van der Waals surface area contributed by atoms with E-state index >= 15 is 0 Å². The summed E-state index contributed by atoms with van der Waals surface area (Å²) in [6.45, 7) is 4.68. The molecule has 33 heavy (non-hydrogen) atoms. The molecule has 1 aliphatic heterocycles. The zero-order valence-corrected chi connectivity index (χ0v) is 20.2.